The Labute approximate surface area is 242 Å². The van der Waals surface area contributed by atoms with E-state index in [2.05, 4.69) is 47.3 Å². The van der Waals surface area contributed by atoms with E-state index in [1.54, 1.807) is 0 Å². The molecule has 40 heavy (non-hydrogen) atoms. The van der Waals surface area contributed by atoms with Gasteiger partial charge in [0, 0.05) is 0 Å². The second-order valence-corrected chi connectivity index (χ2v) is 15.0. The zero-order valence-electron chi connectivity index (χ0n) is 25.6. The third-order valence-corrected chi connectivity index (χ3v) is 12.7. The maximum absolute atomic E-state index is 10.5. The van der Waals surface area contributed by atoms with Crippen LogP contribution in [0, 0.1) is 46.3 Å². The molecule has 4 aliphatic carbocycles. The molecule has 0 aromatic heterocycles. The van der Waals surface area contributed by atoms with Crippen LogP contribution in [0.15, 0.2) is 23.8 Å². The molecule has 4 N–H and O–H groups in total. The highest BCUT2D eigenvalue weighted by atomic mass is 16.7. The van der Waals surface area contributed by atoms with Crippen LogP contribution in [0.1, 0.15) is 98.8 Å². The van der Waals surface area contributed by atoms with Crippen molar-refractivity contribution in [2.45, 2.75) is 136 Å². The van der Waals surface area contributed by atoms with Gasteiger partial charge in [-0.05, 0) is 111 Å². The molecule has 228 valence electrons. The SMILES string of the molecule is C=C(CC[C@@H](C)[C@H]1CC[C@H]2[C@@H]3CC=C4C[C@@H](O[C@@H]5O[C@H](CO)[C@@H](O)[C@H](O)[C@H]5O)CC[C@]4(C)[C@H]3CC[C@]12C)C(C)C. The van der Waals surface area contributed by atoms with Crippen molar-refractivity contribution in [1.29, 1.82) is 0 Å². The number of aliphatic hydroxyl groups excluding tert-OH is 4. The first-order chi connectivity index (χ1) is 18.9. The molecule has 5 aliphatic rings. The summed E-state index contributed by atoms with van der Waals surface area (Å²) in [5.41, 5.74) is 3.54. The van der Waals surface area contributed by atoms with E-state index in [1.807, 2.05) is 0 Å². The normalized spacial score (nSPS) is 47.7. The molecule has 0 spiro atoms. The first kappa shape index (κ1) is 30.7. The van der Waals surface area contributed by atoms with Crippen LogP contribution in [0.5, 0.6) is 0 Å². The zero-order valence-corrected chi connectivity index (χ0v) is 25.6. The minimum absolute atomic E-state index is 0.108. The van der Waals surface area contributed by atoms with Gasteiger partial charge in [-0.25, -0.2) is 0 Å². The van der Waals surface area contributed by atoms with Crippen molar-refractivity contribution in [2.75, 3.05) is 6.61 Å². The molecular weight excluding hydrogens is 504 g/mol. The van der Waals surface area contributed by atoms with Crippen molar-refractivity contribution in [3.8, 4) is 0 Å². The summed E-state index contributed by atoms with van der Waals surface area (Å²) in [6, 6.07) is 0. The van der Waals surface area contributed by atoms with Crippen LogP contribution in [0.2, 0.25) is 0 Å². The lowest BCUT2D eigenvalue weighted by Gasteiger charge is -2.58. The summed E-state index contributed by atoms with van der Waals surface area (Å²) in [4.78, 5) is 0. The largest absolute Gasteiger partial charge is 0.394 e. The molecular formula is C34H56O6. The van der Waals surface area contributed by atoms with Crippen LogP contribution < -0.4 is 0 Å². The average Bonchev–Trinajstić information content (AvgIpc) is 3.29. The van der Waals surface area contributed by atoms with E-state index >= 15 is 0 Å². The molecule has 0 radical (unpaired) electrons. The summed E-state index contributed by atoms with van der Waals surface area (Å²) >= 11 is 0. The molecule has 0 aromatic rings. The average molecular weight is 561 g/mol. The fourth-order valence-electron chi connectivity index (χ4n) is 9.99. The summed E-state index contributed by atoms with van der Waals surface area (Å²) in [5.74, 6) is 4.44. The van der Waals surface area contributed by atoms with E-state index in [4.69, 9.17) is 9.47 Å². The number of ether oxygens (including phenoxy) is 2. The number of rotatable bonds is 8. The summed E-state index contributed by atoms with van der Waals surface area (Å²) < 4.78 is 11.9. The monoisotopic (exact) mass is 560 g/mol. The van der Waals surface area contributed by atoms with Gasteiger partial charge in [-0.2, -0.15) is 0 Å². The maximum atomic E-state index is 10.5. The molecule has 0 unspecified atom stereocenters. The third kappa shape index (κ3) is 5.28. The van der Waals surface area contributed by atoms with Gasteiger partial charge in [0.2, 0.25) is 0 Å². The first-order valence-electron chi connectivity index (χ1n) is 16.2. The van der Waals surface area contributed by atoms with Gasteiger partial charge in [0.1, 0.15) is 24.4 Å². The predicted octanol–water partition coefficient (Wildman–Crippen LogP) is 5.38. The highest BCUT2D eigenvalue weighted by Crippen LogP contribution is 2.67. The van der Waals surface area contributed by atoms with Crippen LogP contribution in [0.4, 0.5) is 0 Å². The molecule has 1 aliphatic heterocycles. The van der Waals surface area contributed by atoms with E-state index in [9.17, 15) is 20.4 Å². The van der Waals surface area contributed by atoms with Crippen molar-refractivity contribution in [1.82, 2.24) is 0 Å². The van der Waals surface area contributed by atoms with Gasteiger partial charge in [-0.1, -0.05) is 58.4 Å². The fourth-order valence-corrected chi connectivity index (χ4v) is 9.99. The quantitative estimate of drug-likeness (QED) is 0.298. The Morgan fingerprint density at radius 3 is 2.48 bits per heavy atom. The van der Waals surface area contributed by atoms with Gasteiger partial charge in [0.15, 0.2) is 6.29 Å². The van der Waals surface area contributed by atoms with Gasteiger partial charge < -0.3 is 29.9 Å². The van der Waals surface area contributed by atoms with E-state index in [1.165, 1.54) is 49.7 Å². The fraction of sp³-hybridized carbons (Fsp3) is 0.882. The second kappa shape index (κ2) is 11.7. The Kier molecular flexibility index (Phi) is 9.00. The van der Waals surface area contributed by atoms with Crippen molar-refractivity contribution >= 4 is 0 Å². The standard InChI is InChI=1S/C34H56O6/c1-19(2)20(3)7-8-21(4)25-11-12-26-24-10-9-22-17-23(13-15-33(22,5)27(24)14-16-34(25,26)6)39-32-31(38)30(37)29(36)28(18-35)40-32/h9,19,21,23-32,35-38H,3,7-8,10-18H2,1-2,4-6H3/t21-,23+,24+,25-,26+,27+,28-,29-,30+,31-,32-,33+,34-/m1/s1. The molecule has 4 fully saturated rings. The van der Waals surface area contributed by atoms with Gasteiger partial charge in [0.25, 0.3) is 0 Å². The number of fused-ring (bicyclic) bond motifs is 5. The van der Waals surface area contributed by atoms with Gasteiger partial charge in [0.05, 0.1) is 12.7 Å². The minimum Gasteiger partial charge on any atom is -0.394 e. The number of hydrogen-bond acceptors (Lipinski definition) is 6. The molecule has 6 nitrogen and oxygen atoms in total. The molecule has 3 saturated carbocycles. The highest BCUT2D eigenvalue weighted by Gasteiger charge is 2.59. The molecule has 6 heteroatoms. The summed E-state index contributed by atoms with van der Waals surface area (Å²) in [6.45, 7) is 16.1. The summed E-state index contributed by atoms with van der Waals surface area (Å²) in [6.07, 6.45) is 8.09. The maximum Gasteiger partial charge on any atom is 0.186 e. The Bertz CT molecular complexity index is 945. The van der Waals surface area contributed by atoms with Gasteiger partial charge in [-0.3, -0.25) is 0 Å². The predicted molar refractivity (Wildman–Crippen MR) is 156 cm³/mol. The van der Waals surface area contributed by atoms with Crippen LogP contribution in [-0.4, -0.2) is 63.8 Å². The number of hydrogen-bond donors (Lipinski definition) is 4. The lowest BCUT2D eigenvalue weighted by atomic mass is 9.47. The minimum atomic E-state index is -1.40. The van der Waals surface area contributed by atoms with E-state index < -0.39 is 37.3 Å². The van der Waals surface area contributed by atoms with Crippen molar-refractivity contribution in [3.63, 3.8) is 0 Å². The molecule has 5 rings (SSSR count). The Balaban J connectivity index is 1.24. The van der Waals surface area contributed by atoms with E-state index in [-0.39, 0.29) is 11.5 Å². The summed E-state index contributed by atoms with van der Waals surface area (Å²) in [7, 11) is 0. The first-order valence-corrected chi connectivity index (χ1v) is 16.2. The molecule has 13 atom stereocenters. The number of allylic oxidation sites excluding steroid dienone is 2. The Morgan fingerprint density at radius 2 is 1.77 bits per heavy atom. The van der Waals surface area contributed by atoms with Crippen LogP contribution >= 0.6 is 0 Å². The second-order valence-electron chi connectivity index (χ2n) is 15.0. The zero-order chi connectivity index (χ0) is 29.0. The third-order valence-electron chi connectivity index (χ3n) is 12.7. The van der Waals surface area contributed by atoms with E-state index in [0.29, 0.717) is 17.3 Å². The Morgan fingerprint density at radius 1 is 1.02 bits per heavy atom. The molecule has 0 bridgehead atoms. The highest BCUT2D eigenvalue weighted by molar-refractivity contribution is 5.25. The molecule has 1 saturated heterocycles. The van der Waals surface area contributed by atoms with Crippen molar-refractivity contribution in [3.05, 3.63) is 23.8 Å². The molecule has 1 heterocycles. The lowest BCUT2D eigenvalue weighted by molar-refractivity contribution is -0.313. The van der Waals surface area contributed by atoms with Crippen molar-refractivity contribution < 1.29 is 29.9 Å². The lowest BCUT2D eigenvalue weighted by Crippen LogP contribution is -2.60. The molecule has 0 aromatic carbocycles. The van der Waals surface area contributed by atoms with Gasteiger partial charge in [-0.15, -0.1) is 0 Å². The summed E-state index contributed by atoms with van der Waals surface area (Å²) in [5, 5.41) is 40.3. The van der Waals surface area contributed by atoms with Crippen LogP contribution in [0.3, 0.4) is 0 Å². The van der Waals surface area contributed by atoms with E-state index in [0.717, 1.165) is 49.4 Å². The van der Waals surface area contributed by atoms with Crippen LogP contribution in [0.25, 0.3) is 0 Å². The number of aliphatic hydroxyl groups is 4. The Hall–Kier alpha value is -0.760. The topological polar surface area (TPSA) is 99.4 Å². The van der Waals surface area contributed by atoms with Crippen LogP contribution in [-0.2, 0) is 9.47 Å². The van der Waals surface area contributed by atoms with Gasteiger partial charge >= 0.3 is 0 Å². The molecule has 0 amide bonds. The van der Waals surface area contributed by atoms with Crippen molar-refractivity contribution in [2.24, 2.45) is 46.3 Å². The smallest absolute Gasteiger partial charge is 0.186 e.